The van der Waals surface area contributed by atoms with Crippen LogP contribution in [-0.4, -0.2) is 11.7 Å². The predicted molar refractivity (Wildman–Crippen MR) is 75.2 cm³/mol. The second-order valence-electron chi connectivity index (χ2n) is 5.76. The van der Waals surface area contributed by atoms with E-state index in [9.17, 15) is 9.50 Å². The van der Waals surface area contributed by atoms with E-state index < -0.39 is 6.10 Å². The average molecular weight is 265 g/mol. The van der Waals surface area contributed by atoms with E-state index in [0.29, 0.717) is 12.1 Å². The normalized spacial score (nSPS) is 21.4. The fraction of sp³-hybridized carbons (Fsp3) is 0.625. The van der Waals surface area contributed by atoms with E-state index in [1.807, 2.05) is 0 Å². The molecule has 1 unspecified atom stereocenters. The third-order valence-corrected chi connectivity index (χ3v) is 4.54. The SMILES string of the molecule is NCC1(C(O)c2ccccc2F)CCCCCCC1. The minimum absolute atomic E-state index is 0.329. The van der Waals surface area contributed by atoms with Crippen molar-refractivity contribution in [3.05, 3.63) is 35.6 Å². The first-order chi connectivity index (χ1) is 9.19. The van der Waals surface area contributed by atoms with Crippen LogP contribution in [0.25, 0.3) is 0 Å². The van der Waals surface area contributed by atoms with Gasteiger partial charge in [0.05, 0.1) is 6.10 Å². The van der Waals surface area contributed by atoms with Gasteiger partial charge >= 0.3 is 0 Å². The van der Waals surface area contributed by atoms with Crippen LogP contribution in [-0.2, 0) is 0 Å². The zero-order valence-electron chi connectivity index (χ0n) is 11.4. The Morgan fingerprint density at radius 1 is 1.11 bits per heavy atom. The van der Waals surface area contributed by atoms with Crippen LogP contribution < -0.4 is 5.73 Å². The molecule has 1 aromatic rings. The first kappa shape index (κ1) is 14.5. The fourth-order valence-corrected chi connectivity index (χ4v) is 3.23. The summed E-state index contributed by atoms with van der Waals surface area (Å²) in [6.07, 6.45) is 6.76. The van der Waals surface area contributed by atoms with Crippen molar-refractivity contribution >= 4 is 0 Å². The molecule has 2 rings (SSSR count). The topological polar surface area (TPSA) is 46.2 Å². The molecular formula is C16H24FNO. The Hall–Kier alpha value is -0.930. The molecule has 0 aliphatic heterocycles. The summed E-state index contributed by atoms with van der Waals surface area (Å²) in [6.45, 7) is 0.419. The maximum absolute atomic E-state index is 13.9. The Kier molecular flexibility index (Phi) is 4.94. The van der Waals surface area contributed by atoms with Gasteiger partial charge in [0.25, 0.3) is 0 Å². The first-order valence-corrected chi connectivity index (χ1v) is 7.32. The molecule has 0 aromatic heterocycles. The van der Waals surface area contributed by atoms with E-state index >= 15 is 0 Å². The molecule has 1 saturated carbocycles. The molecule has 0 radical (unpaired) electrons. The Morgan fingerprint density at radius 3 is 2.26 bits per heavy atom. The number of halogens is 1. The van der Waals surface area contributed by atoms with Gasteiger partial charge in [-0.25, -0.2) is 4.39 Å². The summed E-state index contributed by atoms with van der Waals surface area (Å²) in [5.74, 6) is -0.329. The van der Waals surface area contributed by atoms with E-state index in [2.05, 4.69) is 0 Å². The maximum atomic E-state index is 13.9. The van der Waals surface area contributed by atoms with E-state index in [1.165, 1.54) is 25.3 Å². The summed E-state index contributed by atoms with van der Waals surface area (Å²) in [7, 11) is 0. The number of hydrogen-bond donors (Lipinski definition) is 2. The lowest BCUT2D eigenvalue weighted by molar-refractivity contribution is 0.00615. The van der Waals surface area contributed by atoms with E-state index in [0.717, 1.165) is 25.7 Å². The van der Waals surface area contributed by atoms with Gasteiger partial charge in [0.2, 0.25) is 0 Å². The molecule has 1 fully saturated rings. The van der Waals surface area contributed by atoms with Crippen molar-refractivity contribution in [3.8, 4) is 0 Å². The van der Waals surface area contributed by atoms with Crippen molar-refractivity contribution in [1.29, 1.82) is 0 Å². The van der Waals surface area contributed by atoms with Crippen molar-refractivity contribution < 1.29 is 9.50 Å². The van der Waals surface area contributed by atoms with Crippen LogP contribution >= 0.6 is 0 Å². The van der Waals surface area contributed by atoms with E-state index in [4.69, 9.17) is 5.73 Å². The van der Waals surface area contributed by atoms with Crippen molar-refractivity contribution in [2.45, 2.75) is 51.0 Å². The summed E-state index contributed by atoms with van der Waals surface area (Å²) in [4.78, 5) is 0. The second-order valence-corrected chi connectivity index (χ2v) is 5.76. The second kappa shape index (κ2) is 6.49. The zero-order valence-corrected chi connectivity index (χ0v) is 11.4. The smallest absolute Gasteiger partial charge is 0.129 e. The number of aliphatic hydroxyl groups is 1. The molecule has 0 amide bonds. The standard InChI is InChI=1S/C16H24FNO/c17-14-9-5-4-8-13(14)15(19)16(12-18)10-6-2-1-3-7-11-16/h4-5,8-9,15,19H,1-3,6-7,10-12,18H2. The van der Waals surface area contributed by atoms with Crippen LogP contribution in [0.4, 0.5) is 4.39 Å². The highest BCUT2D eigenvalue weighted by Gasteiger charge is 2.38. The van der Waals surface area contributed by atoms with Gasteiger partial charge in [0.15, 0.2) is 0 Å². The highest BCUT2D eigenvalue weighted by atomic mass is 19.1. The Balaban J connectivity index is 2.25. The molecule has 1 aliphatic rings. The van der Waals surface area contributed by atoms with Crippen molar-refractivity contribution in [2.24, 2.45) is 11.1 Å². The molecule has 0 spiro atoms. The largest absolute Gasteiger partial charge is 0.388 e. The van der Waals surface area contributed by atoms with Crippen LogP contribution in [0.15, 0.2) is 24.3 Å². The molecule has 1 atom stereocenters. The summed E-state index contributed by atoms with van der Waals surface area (Å²) < 4.78 is 13.9. The molecule has 19 heavy (non-hydrogen) atoms. The van der Waals surface area contributed by atoms with Crippen LogP contribution in [0.5, 0.6) is 0 Å². The number of hydrogen-bond acceptors (Lipinski definition) is 2. The zero-order chi connectivity index (χ0) is 13.7. The number of benzene rings is 1. The van der Waals surface area contributed by atoms with Gasteiger partial charge in [0, 0.05) is 17.5 Å². The molecular weight excluding hydrogens is 241 g/mol. The van der Waals surface area contributed by atoms with Crippen LogP contribution in [0, 0.1) is 11.2 Å². The molecule has 3 N–H and O–H groups in total. The summed E-state index contributed by atoms with van der Waals surface area (Å²) in [5, 5.41) is 10.7. The Labute approximate surface area is 114 Å². The van der Waals surface area contributed by atoms with Gasteiger partial charge < -0.3 is 10.8 Å². The van der Waals surface area contributed by atoms with Gasteiger partial charge in [-0.05, 0) is 18.9 Å². The van der Waals surface area contributed by atoms with Crippen LogP contribution in [0.2, 0.25) is 0 Å². The molecule has 1 aromatic carbocycles. The third kappa shape index (κ3) is 3.15. The highest BCUT2D eigenvalue weighted by molar-refractivity contribution is 5.22. The lowest BCUT2D eigenvalue weighted by Gasteiger charge is -2.39. The van der Waals surface area contributed by atoms with Crippen molar-refractivity contribution in [1.82, 2.24) is 0 Å². The molecule has 3 heteroatoms. The molecule has 1 aliphatic carbocycles. The van der Waals surface area contributed by atoms with Gasteiger partial charge in [-0.2, -0.15) is 0 Å². The number of nitrogens with two attached hydrogens (primary N) is 1. The van der Waals surface area contributed by atoms with Gasteiger partial charge in [0.1, 0.15) is 5.82 Å². The first-order valence-electron chi connectivity index (χ1n) is 7.32. The lowest BCUT2D eigenvalue weighted by atomic mass is 9.70. The minimum Gasteiger partial charge on any atom is -0.388 e. The van der Waals surface area contributed by atoms with Crippen molar-refractivity contribution in [3.63, 3.8) is 0 Å². The third-order valence-electron chi connectivity index (χ3n) is 4.54. The maximum Gasteiger partial charge on any atom is 0.129 e. The fourth-order valence-electron chi connectivity index (χ4n) is 3.23. The molecule has 106 valence electrons. The number of rotatable bonds is 3. The van der Waals surface area contributed by atoms with Gasteiger partial charge in [-0.3, -0.25) is 0 Å². The molecule has 0 saturated heterocycles. The summed E-state index contributed by atoms with van der Waals surface area (Å²) in [5.41, 5.74) is 6.00. The predicted octanol–water partition coefficient (Wildman–Crippen LogP) is 3.55. The molecule has 2 nitrogen and oxygen atoms in total. The molecule has 0 heterocycles. The molecule has 0 bridgehead atoms. The van der Waals surface area contributed by atoms with Crippen molar-refractivity contribution in [2.75, 3.05) is 6.54 Å². The monoisotopic (exact) mass is 265 g/mol. The lowest BCUT2D eigenvalue weighted by Crippen LogP contribution is -2.37. The summed E-state index contributed by atoms with van der Waals surface area (Å²) >= 11 is 0. The quantitative estimate of drug-likeness (QED) is 0.878. The Bertz CT molecular complexity index is 399. The highest BCUT2D eigenvalue weighted by Crippen LogP contribution is 2.44. The van der Waals surface area contributed by atoms with Crippen LogP contribution in [0.1, 0.15) is 56.6 Å². The van der Waals surface area contributed by atoms with Crippen LogP contribution in [0.3, 0.4) is 0 Å². The van der Waals surface area contributed by atoms with Gasteiger partial charge in [-0.1, -0.05) is 50.3 Å². The van der Waals surface area contributed by atoms with E-state index in [1.54, 1.807) is 18.2 Å². The Morgan fingerprint density at radius 2 is 1.68 bits per heavy atom. The minimum atomic E-state index is -0.795. The number of aliphatic hydroxyl groups excluding tert-OH is 1. The van der Waals surface area contributed by atoms with E-state index in [-0.39, 0.29) is 11.2 Å². The summed E-state index contributed by atoms with van der Waals surface area (Å²) in [6, 6.07) is 6.51. The average Bonchev–Trinajstić information content (AvgIpc) is 2.39. The van der Waals surface area contributed by atoms with Gasteiger partial charge in [-0.15, -0.1) is 0 Å².